The molecule has 1 fully saturated rings. The smallest absolute Gasteiger partial charge is 0.197 e. The monoisotopic (exact) mass is 448 g/mol. The molecule has 8 N–H and O–H groups in total. The molecule has 3 aromatic rings. The van der Waals surface area contributed by atoms with Gasteiger partial charge in [0, 0.05) is 17.7 Å². The Morgan fingerprint density at radius 3 is 2.19 bits per heavy atom. The summed E-state index contributed by atoms with van der Waals surface area (Å²) < 4.78 is 11.2. The highest BCUT2D eigenvalue weighted by Crippen LogP contribution is 2.44. The molecule has 1 saturated heterocycles. The number of fused-ring (bicyclic) bond motifs is 1. The highest BCUT2D eigenvalue weighted by atomic mass is 16.5. The fraction of sp³-hybridized carbons (Fsp3) is 0.286. The first-order chi connectivity index (χ1) is 15.1. The van der Waals surface area contributed by atoms with Crippen molar-refractivity contribution < 1.29 is 50.0 Å². The Hall–Kier alpha value is -3.35. The van der Waals surface area contributed by atoms with E-state index < -0.39 is 65.6 Å². The highest BCUT2D eigenvalue weighted by Gasteiger charge is 2.46. The molecule has 0 saturated carbocycles. The van der Waals surface area contributed by atoms with E-state index in [-0.39, 0.29) is 27.9 Å². The van der Waals surface area contributed by atoms with Crippen LogP contribution in [0.3, 0.4) is 0 Å². The zero-order chi connectivity index (χ0) is 23.3. The van der Waals surface area contributed by atoms with E-state index in [0.29, 0.717) is 0 Å². The quantitative estimate of drug-likeness (QED) is 0.247. The maximum atomic E-state index is 12.8. The number of benzene rings is 2. The van der Waals surface area contributed by atoms with Gasteiger partial charge in [0.25, 0.3) is 0 Å². The topological polar surface area (TPSA) is 201 Å². The molecule has 2 aromatic carbocycles. The lowest BCUT2D eigenvalue weighted by molar-refractivity contribution is -0.231. The largest absolute Gasteiger partial charge is 0.507 e. The van der Waals surface area contributed by atoms with Crippen LogP contribution in [0, 0.1) is 0 Å². The number of aliphatic hydroxyl groups is 4. The number of rotatable bonds is 3. The molecule has 0 bridgehead atoms. The Labute approximate surface area is 179 Å². The van der Waals surface area contributed by atoms with Crippen molar-refractivity contribution >= 4 is 11.0 Å². The Balaban J connectivity index is 1.97. The van der Waals surface area contributed by atoms with Gasteiger partial charge in [0.2, 0.25) is 0 Å². The molecule has 0 spiro atoms. The summed E-state index contributed by atoms with van der Waals surface area (Å²) in [6, 6.07) is 5.47. The predicted molar refractivity (Wildman–Crippen MR) is 107 cm³/mol. The lowest BCUT2D eigenvalue weighted by Crippen LogP contribution is -2.55. The van der Waals surface area contributed by atoms with Gasteiger partial charge in [-0.25, -0.2) is 0 Å². The second kappa shape index (κ2) is 7.97. The van der Waals surface area contributed by atoms with E-state index in [2.05, 4.69) is 0 Å². The summed E-state index contributed by atoms with van der Waals surface area (Å²) in [5, 5.41) is 79.7. The first-order valence-corrected chi connectivity index (χ1v) is 9.49. The number of ether oxygens (including phenoxy) is 1. The number of aliphatic hydroxyl groups excluding tert-OH is 4. The van der Waals surface area contributed by atoms with Gasteiger partial charge in [-0.05, 0) is 18.2 Å². The SMILES string of the molecule is O=c1cc(-c2ccc(O)c(O)c2)oc2c([C@@H]3O[C@@H](CO)[C@H](O)[C@H](O)[C@H]3O)c(O)cc(O)c12. The van der Waals surface area contributed by atoms with Crippen LogP contribution < -0.4 is 5.43 Å². The van der Waals surface area contributed by atoms with Crippen molar-refractivity contribution in [1.82, 2.24) is 0 Å². The van der Waals surface area contributed by atoms with Crippen LogP contribution in [0.1, 0.15) is 11.7 Å². The fourth-order valence-corrected chi connectivity index (χ4v) is 3.76. The zero-order valence-corrected chi connectivity index (χ0v) is 16.3. The molecule has 32 heavy (non-hydrogen) atoms. The predicted octanol–water partition coefficient (Wildman–Crippen LogP) is -0.203. The van der Waals surface area contributed by atoms with E-state index in [9.17, 15) is 45.6 Å². The van der Waals surface area contributed by atoms with Crippen molar-refractivity contribution in [3.8, 4) is 34.3 Å². The van der Waals surface area contributed by atoms with Crippen LogP contribution in [-0.4, -0.2) is 71.9 Å². The minimum Gasteiger partial charge on any atom is -0.507 e. The summed E-state index contributed by atoms with van der Waals surface area (Å²) in [5.41, 5.74) is -1.27. The average Bonchev–Trinajstić information content (AvgIpc) is 2.74. The number of hydrogen-bond donors (Lipinski definition) is 8. The fourth-order valence-electron chi connectivity index (χ4n) is 3.76. The molecule has 170 valence electrons. The molecule has 0 aliphatic carbocycles. The van der Waals surface area contributed by atoms with E-state index in [0.717, 1.165) is 24.3 Å². The van der Waals surface area contributed by atoms with Crippen molar-refractivity contribution in [1.29, 1.82) is 0 Å². The molecular formula is C21H20O11. The summed E-state index contributed by atoms with van der Waals surface area (Å²) in [5.74, 6) is -2.28. The molecule has 0 amide bonds. The highest BCUT2D eigenvalue weighted by molar-refractivity contribution is 5.89. The minimum absolute atomic E-state index is 0.117. The molecule has 1 aliphatic rings. The zero-order valence-electron chi connectivity index (χ0n) is 16.3. The van der Waals surface area contributed by atoms with E-state index in [1.807, 2.05) is 0 Å². The average molecular weight is 448 g/mol. The van der Waals surface area contributed by atoms with Gasteiger partial charge in [-0.15, -0.1) is 0 Å². The molecule has 0 radical (unpaired) electrons. The van der Waals surface area contributed by atoms with Crippen LogP contribution in [-0.2, 0) is 4.74 Å². The Bertz CT molecular complexity index is 1230. The van der Waals surface area contributed by atoms with E-state index >= 15 is 0 Å². The van der Waals surface area contributed by atoms with Gasteiger partial charge in [0.1, 0.15) is 53.2 Å². The molecule has 11 nitrogen and oxygen atoms in total. The maximum absolute atomic E-state index is 12.8. The second-order valence-electron chi connectivity index (χ2n) is 7.46. The summed E-state index contributed by atoms with van der Waals surface area (Å²) >= 11 is 0. The summed E-state index contributed by atoms with van der Waals surface area (Å²) in [6.45, 7) is -0.722. The Morgan fingerprint density at radius 1 is 0.812 bits per heavy atom. The molecule has 1 aromatic heterocycles. The molecule has 0 unspecified atom stereocenters. The maximum Gasteiger partial charge on any atom is 0.197 e. The van der Waals surface area contributed by atoms with Crippen LogP contribution >= 0.6 is 0 Å². The van der Waals surface area contributed by atoms with Crippen LogP contribution in [0.15, 0.2) is 39.5 Å². The first-order valence-electron chi connectivity index (χ1n) is 9.49. The lowest BCUT2D eigenvalue weighted by atomic mass is 9.89. The van der Waals surface area contributed by atoms with Gasteiger partial charge in [-0.2, -0.15) is 0 Å². The third-order valence-electron chi connectivity index (χ3n) is 5.43. The molecule has 1 aliphatic heterocycles. The molecule has 5 atom stereocenters. The van der Waals surface area contributed by atoms with Gasteiger partial charge in [-0.3, -0.25) is 4.79 Å². The van der Waals surface area contributed by atoms with E-state index in [1.54, 1.807) is 0 Å². The van der Waals surface area contributed by atoms with Crippen LogP contribution in [0.5, 0.6) is 23.0 Å². The van der Waals surface area contributed by atoms with Gasteiger partial charge >= 0.3 is 0 Å². The third kappa shape index (κ3) is 3.42. The van der Waals surface area contributed by atoms with Crippen molar-refractivity contribution in [2.75, 3.05) is 6.61 Å². The second-order valence-corrected chi connectivity index (χ2v) is 7.46. The summed E-state index contributed by atoms with van der Waals surface area (Å²) in [6.07, 6.45) is -8.07. The summed E-state index contributed by atoms with van der Waals surface area (Å²) in [4.78, 5) is 12.8. The van der Waals surface area contributed by atoms with Crippen molar-refractivity contribution in [3.05, 3.63) is 46.1 Å². The molecule has 11 heteroatoms. The van der Waals surface area contributed by atoms with Gasteiger partial charge in [0.15, 0.2) is 22.5 Å². The van der Waals surface area contributed by atoms with Crippen LogP contribution in [0.4, 0.5) is 0 Å². The van der Waals surface area contributed by atoms with Gasteiger partial charge in [-0.1, -0.05) is 0 Å². The third-order valence-corrected chi connectivity index (χ3v) is 5.43. The molecular weight excluding hydrogens is 428 g/mol. The lowest BCUT2D eigenvalue weighted by Gasteiger charge is -2.40. The standard InChI is InChI=1S/C21H20O11/c22-6-14-17(28)18(29)19(30)21(32-14)16-11(26)4-10(25)15-12(27)5-13(31-20(15)16)7-1-2-8(23)9(24)3-7/h1-5,14,17-19,21-26,28-30H,6H2/t14-,17-,18-,19+,21-/m0/s1. The van der Waals surface area contributed by atoms with E-state index in [4.69, 9.17) is 9.15 Å². The van der Waals surface area contributed by atoms with Crippen molar-refractivity contribution in [2.24, 2.45) is 0 Å². The Morgan fingerprint density at radius 2 is 1.53 bits per heavy atom. The first kappa shape index (κ1) is 21.9. The number of phenolic OH excluding ortho intramolecular Hbond substituents is 4. The van der Waals surface area contributed by atoms with Crippen LogP contribution in [0.2, 0.25) is 0 Å². The van der Waals surface area contributed by atoms with Crippen LogP contribution in [0.25, 0.3) is 22.3 Å². The molecule has 4 rings (SSSR count). The molecule has 2 heterocycles. The minimum atomic E-state index is -1.79. The van der Waals surface area contributed by atoms with Crippen molar-refractivity contribution in [3.63, 3.8) is 0 Å². The summed E-state index contributed by atoms with van der Waals surface area (Å²) in [7, 11) is 0. The van der Waals surface area contributed by atoms with Gasteiger partial charge in [0.05, 0.1) is 12.2 Å². The number of aromatic hydroxyl groups is 4. The van der Waals surface area contributed by atoms with Gasteiger partial charge < -0.3 is 50.0 Å². The Kier molecular flexibility index (Phi) is 5.44. The number of phenols is 4. The van der Waals surface area contributed by atoms with Crippen molar-refractivity contribution in [2.45, 2.75) is 30.5 Å². The number of hydrogen-bond acceptors (Lipinski definition) is 11. The normalized spacial score (nSPS) is 25.8. The van der Waals surface area contributed by atoms with E-state index in [1.165, 1.54) is 6.07 Å².